The molecule has 8 atom stereocenters. The van der Waals surface area contributed by atoms with Gasteiger partial charge in [0.1, 0.15) is 29.3 Å². The molecule has 45 heavy (non-hydrogen) atoms. The van der Waals surface area contributed by atoms with Gasteiger partial charge in [0.25, 0.3) is 5.91 Å². The number of nitrogens with one attached hydrogen (secondary N) is 1. The minimum absolute atomic E-state index is 0.0393. The molecule has 248 valence electrons. The normalized spacial score (nSPS) is 24.4. The van der Waals surface area contributed by atoms with E-state index in [1.54, 1.807) is 13.8 Å². The van der Waals surface area contributed by atoms with Crippen LogP contribution in [0.5, 0.6) is 11.5 Å². The SMILES string of the molecule is CO[C@@H](Cc1ccccc1)[C@H](O)C(=O)N[C@@H](OC)[C@@H]1CCC(C)(C)[C@@H](C[C@H](O)[C@@H](C)[C@H]2Cc3c(C)c(O)cc(O)c3C(=O)O2)O1. The predicted molar refractivity (Wildman–Crippen MR) is 165 cm³/mol. The van der Waals surface area contributed by atoms with Gasteiger partial charge >= 0.3 is 5.97 Å². The van der Waals surface area contributed by atoms with Crippen LogP contribution in [0.15, 0.2) is 36.4 Å². The molecule has 1 fully saturated rings. The number of aliphatic hydroxyl groups is 2. The number of cyclic esters (lactones) is 1. The summed E-state index contributed by atoms with van der Waals surface area (Å²) in [5, 5.41) is 45.4. The smallest absolute Gasteiger partial charge is 0.342 e. The molecular weight excluding hydrogens is 582 g/mol. The topological polar surface area (TPSA) is 164 Å². The fourth-order valence-corrected chi connectivity index (χ4v) is 6.31. The Hall–Kier alpha value is -3.22. The van der Waals surface area contributed by atoms with E-state index in [0.717, 1.165) is 18.1 Å². The third kappa shape index (κ3) is 7.78. The van der Waals surface area contributed by atoms with Gasteiger partial charge in [-0.1, -0.05) is 51.1 Å². The standard InChI is InChI=1S/C34H47NO10/c1-18-21-15-26(45-33(41)29(21)24(38)16-22(18)36)19(2)23(37)17-28-34(3,4)13-12-25(44-28)32(43-6)35-31(40)30(39)27(42-5)14-20-10-8-7-9-11-20/h7-11,16,19,23,25-28,30,32,36-39H,12-15,17H2,1-6H3,(H,35,40)/t19-,23+,25+,26-,27+,28-,30+,32+/m1/s1. The van der Waals surface area contributed by atoms with Crippen LogP contribution in [0.2, 0.25) is 0 Å². The molecule has 0 aliphatic carbocycles. The summed E-state index contributed by atoms with van der Waals surface area (Å²) in [4.78, 5) is 25.9. The van der Waals surface area contributed by atoms with Crippen LogP contribution in [0, 0.1) is 18.3 Å². The number of phenols is 2. The first kappa shape index (κ1) is 34.6. The largest absolute Gasteiger partial charge is 0.508 e. The van der Waals surface area contributed by atoms with Gasteiger partial charge in [0.15, 0.2) is 12.3 Å². The van der Waals surface area contributed by atoms with Gasteiger partial charge in [-0.2, -0.15) is 0 Å². The molecule has 5 N–H and O–H groups in total. The first-order valence-corrected chi connectivity index (χ1v) is 15.4. The van der Waals surface area contributed by atoms with Crippen LogP contribution >= 0.6 is 0 Å². The highest BCUT2D eigenvalue weighted by molar-refractivity contribution is 5.96. The second kappa shape index (κ2) is 14.5. The molecule has 11 heteroatoms. The fraction of sp³-hybridized carbons (Fsp3) is 0.588. The number of rotatable bonds is 12. The predicted octanol–water partition coefficient (Wildman–Crippen LogP) is 3.16. The molecule has 2 heterocycles. The van der Waals surface area contributed by atoms with Crippen LogP contribution in [0.25, 0.3) is 0 Å². The van der Waals surface area contributed by atoms with Crippen LogP contribution in [0.3, 0.4) is 0 Å². The Morgan fingerprint density at radius 3 is 2.42 bits per heavy atom. The zero-order valence-corrected chi connectivity index (χ0v) is 26.9. The van der Waals surface area contributed by atoms with E-state index in [4.69, 9.17) is 18.9 Å². The number of carbonyl (C=O) groups is 2. The number of amides is 1. The van der Waals surface area contributed by atoms with Crippen molar-refractivity contribution in [3.8, 4) is 11.5 Å². The van der Waals surface area contributed by atoms with E-state index in [-0.39, 0.29) is 35.3 Å². The lowest BCUT2D eigenvalue weighted by Crippen LogP contribution is -2.56. The number of ether oxygens (including phenoxy) is 4. The minimum Gasteiger partial charge on any atom is -0.508 e. The summed E-state index contributed by atoms with van der Waals surface area (Å²) in [5.41, 5.74) is 1.63. The molecule has 2 aliphatic heterocycles. The first-order valence-electron chi connectivity index (χ1n) is 15.4. The number of esters is 1. The summed E-state index contributed by atoms with van der Waals surface area (Å²) < 4.78 is 23.2. The van der Waals surface area contributed by atoms with E-state index >= 15 is 0 Å². The van der Waals surface area contributed by atoms with E-state index in [1.165, 1.54) is 14.2 Å². The van der Waals surface area contributed by atoms with E-state index in [9.17, 15) is 30.0 Å². The van der Waals surface area contributed by atoms with Crippen molar-refractivity contribution in [1.29, 1.82) is 0 Å². The van der Waals surface area contributed by atoms with Gasteiger partial charge in [-0.25, -0.2) is 4.79 Å². The molecular formula is C34H47NO10. The molecule has 2 aromatic carbocycles. The van der Waals surface area contributed by atoms with Gasteiger partial charge in [0.2, 0.25) is 0 Å². The van der Waals surface area contributed by atoms with E-state index < -0.39 is 60.6 Å². The van der Waals surface area contributed by atoms with Crippen LogP contribution in [-0.4, -0.2) is 89.4 Å². The average Bonchev–Trinajstić information content (AvgIpc) is 3.01. The Labute approximate surface area is 264 Å². The molecule has 0 aromatic heterocycles. The molecule has 2 aliphatic rings. The van der Waals surface area contributed by atoms with Crippen LogP contribution in [0.1, 0.15) is 67.1 Å². The highest BCUT2D eigenvalue weighted by Gasteiger charge is 2.44. The minimum atomic E-state index is -1.44. The Balaban J connectivity index is 1.40. The molecule has 0 spiro atoms. The summed E-state index contributed by atoms with van der Waals surface area (Å²) in [5.74, 6) is -2.29. The third-order valence-electron chi connectivity index (χ3n) is 9.55. The first-order chi connectivity index (χ1) is 21.3. The number of methoxy groups -OCH3 is 2. The van der Waals surface area contributed by atoms with E-state index in [1.807, 2.05) is 44.2 Å². The Morgan fingerprint density at radius 2 is 1.78 bits per heavy atom. The summed E-state index contributed by atoms with van der Waals surface area (Å²) in [6.07, 6.45) is -3.53. The quantitative estimate of drug-likeness (QED) is 0.174. The van der Waals surface area contributed by atoms with Crippen molar-refractivity contribution in [2.24, 2.45) is 11.3 Å². The van der Waals surface area contributed by atoms with Gasteiger partial charge in [-0.3, -0.25) is 4.79 Å². The fourth-order valence-electron chi connectivity index (χ4n) is 6.31. The highest BCUT2D eigenvalue weighted by atomic mass is 16.6. The number of aromatic hydroxyl groups is 2. The molecule has 11 nitrogen and oxygen atoms in total. The third-order valence-corrected chi connectivity index (χ3v) is 9.55. The lowest BCUT2D eigenvalue weighted by molar-refractivity contribution is -0.183. The summed E-state index contributed by atoms with van der Waals surface area (Å²) >= 11 is 0. The molecule has 0 bridgehead atoms. The zero-order chi connectivity index (χ0) is 33.1. The van der Waals surface area contributed by atoms with Crippen LogP contribution < -0.4 is 5.32 Å². The van der Waals surface area contributed by atoms with E-state index in [2.05, 4.69) is 5.32 Å². The lowest BCUT2D eigenvalue weighted by atomic mass is 9.75. The van der Waals surface area contributed by atoms with Crippen molar-refractivity contribution >= 4 is 11.9 Å². The number of hydrogen-bond donors (Lipinski definition) is 5. The molecule has 4 rings (SSSR count). The lowest BCUT2D eigenvalue weighted by Gasteiger charge is -2.45. The Morgan fingerprint density at radius 1 is 1.09 bits per heavy atom. The zero-order valence-electron chi connectivity index (χ0n) is 26.9. The number of hydrogen-bond acceptors (Lipinski definition) is 10. The van der Waals surface area contributed by atoms with Gasteiger partial charge in [0.05, 0.1) is 18.3 Å². The van der Waals surface area contributed by atoms with Crippen molar-refractivity contribution < 1.29 is 49.0 Å². The molecule has 0 radical (unpaired) electrons. The number of aliphatic hydroxyl groups excluding tert-OH is 2. The summed E-state index contributed by atoms with van der Waals surface area (Å²) in [6.45, 7) is 7.56. The average molecular weight is 630 g/mol. The maximum atomic E-state index is 13.1. The molecule has 0 unspecified atom stereocenters. The second-order valence-electron chi connectivity index (χ2n) is 13.0. The monoisotopic (exact) mass is 629 g/mol. The number of benzene rings is 2. The van der Waals surface area contributed by atoms with Crippen molar-refractivity contribution in [3.63, 3.8) is 0 Å². The van der Waals surface area contributed by atoms with Crippen LogP contribution in [0.4, 0.5) is 0 Å². The maximum absolute atomic E-state index is 13.1. The molecule has 0 saturated carbocycles. The van der Waals surface area contributed by atoms with Crippen molar-refractivity contribution in [3.05, 3.63) is 58.7 Å². The molecule has 1 amide bonds. The highest BCUT2D eigenvalue weighted by Crippen LogP contribution is 2.41. The van der Waals surface area contributed by atoms with Crippen LogP contribution in [-0.2, 0) is 36.6 Å². The Kier molecular flexibility index (Phi) is 11.1. The van der Waals surface area contributed by atoms with Crippen molar-refractivity contribution in [2.45, 2.75) is 103 Å². The van der Waals surface area contributed by atoms with Gasteiger partial charge < -0.3 is 44.7 Å². The number of phenolic OH excluding ortho intramolecular Hbond substituents is 2. The van der Waals surface area contributed by atoms with Gasteiger partial charge in [-0.15, -0.1) is 0 Å². The van der Waals surface area contributed by atoms with Gasteiger partial charge in [-0.05, 0) is 41.9 Å². The van der Waals surface area contributed by atoms with Crippen molar-refractivity contribution in [2.75, 3.05) is 14.2 Å². The summed E-state index contributed by atoms with van der Waals surface area (Å²) in [6, 6.07) is 10.6. The molecule has 2 aromatic rings. The van der Waals surface area contributed by atoms with Crippen molar-refractivity contribution in [1.82, 2.24) is 5.32 Å². The van der Waals surface area contributed by atoms with Gasteiger partial charge in [0, 0.05) is 45.5 Å². The van der Waals surface area contributed by atoms with E-state index in [0.29, 0.717) is 24.0 Å². The summed E-state index contributed by atoms with van der Waals surface area (Å²) in [7, 11) is 2.90. The maximum Gasteiger partial charge on any atom is 0.342 e. The number of fused-ring (bicyclic) bond motifs is 1. The Bertz CT molecular complexity index is 1330. The molecule has 1 saturated heterocycles. The second-order valence-corrected chi connectivity index (χ2v) is 13.0. The number of carbonyl (C=O) groups excluding carboxylic acids is 2.